The number of rotatable bonds is 5. The normalized spacial score (nSPS) is 11.7. The highest BCUT2D eigenvalue weighted by Crippen LogP contribution is 2.30. The van der Waals surface area contributed by atoms with E-state index >= 15 is 0 Å². The second-order valence-electron chi connectivity index (χ2n) is 3.78. The Morgan fingerprint density at radius 2 is 2.15 bits per heavy atom. The van der Waals surface area contributed by atoms with Gasteiger partial charge in [0.05, 0.1) is 16.6 Å². The van der Waals surface area contributed by atoms with Gasteiger partial charge in [0.25, 0.3) is 0 Å². The van der Waals surface area contributed by atoms with E-state index in [4.69, 9.17) is 16.3 Å². The lowest BCUT2D eigenvalue weighted by Gasteiger charge is -2.17. The molecule has 0 aliphatic carbocycles. The molecule has 1 unspecified atom stereocenters. The second-order valence-corrected chi connectivity index (χ2v) is 5.05. The molecule has 0 aliphatic heterocycles. The van der Waals surface area contributed by atoms with E-state index in [9.17, 15) is 14.0 Å². The molecule has 0 bridgehead atoms. The van der Waals surface area contributed by atoms with Crippen molar-refractivity contribution in [2.24, 2.45) is 0 Å². The van der Waals surface area contributed by atoms with Gasteiger partial charge in [0.15, 0.2) is 6.04 Å². The highest BCUT2D eigenvalue weighted by atomic mass is 79.9. The fraction of sp³-hybridized carbons (Fsp3) is 0.333. The van der Waals surface area contributed by atoms with Crippen molar-refractivity contribution in [2.75, 3.05) is 13.7 Å². The van der Waals surface area contributed by atoms with Crippen LogP contribution < -0.4 is 10.1 Å². The minimum absolute atomic E-state index is 0.0596. The number of halogens is 3. The molecule has 0 radical (unpaired) electrons. The van der Waals surface area contributed by atoms with Gasteiger partial charge in [0, 0.05) is 13.0 Å². The van der Waals surface area contributed by atoms with Gasteiger partial charge in [-0.3, -0.25) is 4.79 Å². The molecule has 0 heterocycles. The Bertz CT molecular complexity index is 526. The molecule has 1 N–H and O–H groups in total. The van der Waals surface area contributed by atoms with Crippen LogP contribution in [0.25, 0.3) is 0 Å². The first-order valence-corrected chi connectivity index (χ1v) is 6.64. The summed E-state index contributed by atoms with van der Waals surface area (Å²) in [7, 11) is 1.19. The number of amides is 1. The van der Waals surface area contributed by atoms with E-state index in [0.717, 1.165) is 6.07 Å². The molecule has 0 aromatic heterocycles. The molecule has 0 spiro atoms. The number of benzene rings is 1. The average molecular weight is 369 g/mol. The van der Waals surface area contributed by atoms with E-state index in [2.05, 4.69) is 26.0 Å². The summed E-state index contributed by atoms with van der Waals surface area (Å²) >= 11 is 8.76. The van der Waals surface area contributed by atoms with Gasteiger partial charge in [-0.05, 0) is 22.0 Å². The first kappa shape index (κ1) is 16.7. The van der Waals surface area contributed by atoms with Crippen molar-refractivity contribution in [3.63, 3.8) is 0 Å². The van der Waals surface area contributed by atoms with Crippen molar-refractivity contribution in [1.29, 1.82) is 0 Å². The summed E-state index contributed by atoms with van der Waals surface area (Å²) in [4.78, 5) is 22.4. The van der Waals surface area contributed by atoms with E-state index in [0.29, 0.717) is 4.47 Å². The van der Waals surface area contributed by atoms with Crippen molar-refractivity contribution in [2.45, 2.75) is 13.0 Å². The molecule has 1 rings (SSSR count). The number of esters is 1. The van der Waals surface area contributed by atoms with E-state index in [1.807, 2.05) is 0 Å². The Labute approximate surface area is 128 Å². The van der Waals surface area contributed by atoms with Crippen LogP contribution in [0.3, 0.4) is 0 Å². The fourth-order valence-electron chi connectivity index (χ4n) is 1.34. The smallest absolute Gasteiger partial charge is 0.331 e. The molecule has 1 aromatic carbocycles. The second kappa shape index (κ2) is 7.44. The number of hydrogen-bond donors (Lipinski definition) is 1. The molecule has 8 heteroatoms. The summed E-state index contributed by atoms with van der Waals surface area (Å²) in [5, 5.41) is 2.31. The molecule has 1 aromatic rings. The maximum Gasteiger partial charge on any atom is 0.331 e. The van der Waals surface area contributed by atoms with E-state index in [1.54, 1.807) is 0 Å². The monoisotopic (exact) mass is 367 g/mol. The maximum absolute atomic E-state index is 13.3. The SMILES string of the molecule is COC(=O)C(COc1cc(F)c(Cl)cc1Br)NC(C)=O. The summed E-state index contributed by atoms with van der Waals surface area (Å²) in [6.07, 6.45) is 0. The van der Waals surface area contributed by atoms with Gasteiger partial charge in [-0.15, -0.1) is 0 Å². The van der Waals surface area contributed by atoms with Crippen LogP contribution in [0, 0.1) is 5.82 Å². The quantitative estimate of drug-likeness (QED) is 0.640. The molecule has 0 saturated heterocycles. The average Bonchev–Trinajstić information content (AvgIpc) is 2.38. The predicted molar refractivity (Wildman–Crippen MR) is 74.2 cm³/mol. The number of carbonyl (C=O) groups excluding carboxylic acids is 2. The first-order chi connectivity index (χ1) is 9.35. The third kappa shape index (κ3) is 4.64. The Hall–Kier alpha value is -1.34. The third-order valence-electron chi connectivity index (χ3n) is 2.24. The maximum atomic E-state index is 13.3. The van der Waals surface area contributed by atoms with Gasteiger partial charge in [0.2, 0.25) is 5.91 Å². The van der Waals surface area contributed by atoms with Crippen LogP contribution >= 0.6 is 27.5 Å². The first-order valence-electron chi connectivity index (χ1n) is 5.47. The van der Waals surface area contributed by atoms with Crippen molar-refractivity contribution in [3.8, 4) is 5.75 Å². The molecule has 0 saturated carbocycles. The van der Waals surface area contributed by atoms with Crippen LogP contribution in [0.2, 0.25) is 5.02 Å². The van der Waals surface area contributed by atoms with E-state index in [-0.39, 0.29) is 17.4 Å². The summed E-state index contributed by atoms with van der Waals surface area (Å²) < 4.78 is 23.6. The van der Waals surface area contributed by atoms with Crippen LogP contribution in [-0.2, 0) is 14.3 Å². The van der Waals surface area contributed by atoms with E-state index < -0.39 is 23.7 Å². The highest BCUT2D eigenvalue weighted by Gasteiger charge is 2.21. The lowest BCUT2D eigenvalue weighted by atomic mass is 10.3. The number of nitrogens with one attached hydrogen (secondary N) is 1. The summed E-state index contributed by atoms with van der Waals surface area (Å²) in [6.45, 7) is 1.06. The minimum Gasteiger partial charge on any atom is -0.490 e. The van der Waals surface area contributed by atoms with Crippen molar-refractivity contribution in [3.05, 3.63) is 27.4 Å². The molecule has 1 atom stereocenters. The van der Waals surface area contributed by atoms with Gasteiger partial charge in [0.1, 0.15) is 18.2 Å². The highest BCUT2D eigenvalue weighted by molar-refractivity contribution is 9.10. The summed E-state index contributed by atoms with van der Waals surface area (Å²) in [5.74, 6) is -1.57. The minimum atomic E-state index is -0.983. The van der Waals surface area contributed by atoms with Gasteiger partial charge in [-0.1, -0.05) is 11.6 Å². The molecule has 1 amide bonds. The van der Waals surface area contributed by atoms with Gasteiger partial charge in [-0.2, -0.15) is 0 Å². The molecular weight excluding hydrogens is 356 g/mol. The summed E-state index contributed by atoms with van der Waals surface area (Å²) in [6, 6.07) is 1.43. The lowest BCUT2D eigenvalue weighted by molar-refractivity contribution is -0.145. The standard InChI is InChI=1S/C12H12BrClFNO4/c1-6(17)16-10(12(18)19-2)5-20-11-4-9(15)8(14)3-7(11)13/h3-4,10H,5H2,1-2H3,(H,16,17). The number of hydrogen-bond acceptors (Lipinski definition) is 4. The van der Waals surface area contributed by atoms with Gasteiger partial charge < -0.3 is 14.8 Å². The Kier molecular flexibility index (Phi) is 6.22. The van der Waals surface area contributed by atoms with Crippen molar-refractivity contribution < 1.29 is 23.5 Å². The molecular formula is C12H12BrClFNO4. The molecule has 0 aliphatic rings. The summed E-state index contributed by atoms with van der Waals surface area (Å²) in [5.41, 5.74) is 0. The predicted octanol–water partition coefficient (Wildman–Crippen LogP) is 2.30. The Balaban J connectivity index is 2.79. The third-order valence-corrected chi connectivity index (χ3v) is 3.15. The van der Waals surface area contributed by atoms with Crippen molar-refractivity contribution >= 4 is 39.4 Å². The molecule has 0 fully saturated rings. The Morgan fingerprint density at radius 3 is 2.70 bits per heavy atom. The fourth-order valence-corrected chi connectivity index (χ4v) is 2.10. The van der Waals surface area contributed by atoms with Crippen LogP contribution in [0.4, 0.5) is 4.39 Å². The largest absolute Gasteiger partial charge is 0.490 e. The number of methoxy groups -OCH3 is 1. The number of ether oxygens (including phenoxy) is 2. The Morgan fingerprint density at radius 1 is 1.50 bits per heavy atom. The van der Waals surface area contributed by atoms with Crippen molar-refractivity contribution in [1.82, 2.24) is 5.32 Å². The van der Waals surface area contributed by atoms with Crippen LogP contribution in [0.1, 0.15) is 6.92 Å². The van der Waals surface area contributed by atoms with Crippen LogP contribution in [0.15, 0.2) is 16.6 Å². The lowest BCUT2D eigenvalue weighted by Crippen LogP contribution is -2.44. The molecule has 110 valence electrons. The van der Waals surface area contributed by atoms with Gasteiger partial charge >= 0.3 is 5.97 Å². The van der Waals surface area contributed by atoms with Crippen LogP contribution in [-0.4, -0.2) is 31.6 Å². The van der Waals surface area contributed by atoms with Gasteiger partial charge in [-0.25, -0.2) is 9.18 Å². The molecule has 5 nitrogen and oxygen atoms in total. The molecule has 20 heavy (non-hydrogen) atoms. The zero-order valence-corrected chi connectivity index (χ0v) is 13.0. The zero-order valence-electron chi connectivity index (χ0n) is 10.7. The van der Waals surface area contributed by atoms with E-state index in [1.165, 1.54) is 20.1 Å². The van der Waals surface area contributed by atoms with Crippen LogP contribution in [0.5, 0.6) is 5.75 Å². The zero-order chi connectivity index (χ0) is 15.3. The topological polar surface area (TPSA) is 64.6 Å². The number of carbonyl (C=O) groups is 2.